The van der Waals surface area contributed by atoms with Crippen molar-refractivity contribution in [1.82, 2.24) is 9.13 Å². The smallest absolute Gasteiger partial charge is 0.353 e. The quantitative estimate of drug-likeness (QED) is 0.592. The average molecular weight is 333 g/mol. The molecule has 0 N–H and O–H groups in total. The monoisotopic (exact) mass is 333 g/mol. The van der Waals surface area contributed by atoms with E-state index in [0.29, 0.717) is 24.3 Å². The van der Waals surface area contributed by atoms with Crippen LogP contribution in [0.3, 0.4) is 0 Å². The first-order valence-electron chi connectivity index (χ1n) is 7.52. The van der Waals surface area contributed by atoms with Crippen LogP contribution in [-0.2, 0) is 13.1 Å². The van der Waals surface area contributed by atoms with E-state index in [1.54, 1.807) is 24.3 Å². The van der Waals surface area contributed by atoms with Crippen LogP contribution in [0.1, 0.15) is 24.6 Å². The molecule has 0 saturated heterocycles. The van der Waals surface area contributed by atoms with Crippen LogP contribution >= 0.6 is 0 Å². The maximum absolute atomic E-state index is 12.6. The molecular weight excluding hydrogens is 314 g/mol. The summed E-state index contributed by atoms with van der Waals surface area (Å²) in [5.74, 6) is 0.643. The van der Waals surface area contributed by atoms with Crippen LogP contribution in [0.25, 0.3) is 0 Å². The van der Waals surface area contributed by atoms with E-state index in [9.17, 15) is 19.7 Å². The lowest BCUT2D eigenvalue weighted by Gasteiger charge is -2.13. The molecule has 0 radical (unpaired) electrons. The second kappa shape index (κ2) is 7.12. The molecule has 2 rings (SSSR count). The minimum absolute atomic E-state index is 0.0352. The van der Waals surface area contributed by atoms with Crippen molar-refractivity contribution in [2.45, 2.75) is 33.4 Å². The Balaban J connectivity index is 2.61. The van der Waals surface area contributed by atoms with Crippen LogP contribution in [-0.4, -0.2) is 21.2 Å². The molecule has 0 aliphatic heterocycles. The van der Waals surface area contributed by atoms with Crippen molar-refractivity contribution in [3.8, 4) is 5.75 Å². The highest BCUT2D eigenvalue weighted by atomic mass is 16.6. The van der Waals surface area contributed by atoms with Crippen molar-refractivity contribution in [3.63, 3.8) is 0 Å². The first-order chi connectivity index (χ1) is 11.4. The Morgan fingerprint density at radius 1 is 1.17 bits per heavy atom. The molecule has 8 nitrogen and oxygen atoms in total. The molecule has 0 fully saturated rings. The van der Waals surface area contributed by atoms with Gasteiger partial charge in [-0.2, -0.15) is 0 Å². The SMILES string of the molecule is CCCn1c(C)c([N+](=O)[O-])c(=O)n(Cc2ccc(OC)cc2)c1=O. The number of rotatable bonds is 6. The summed E-state index contributed by atoms with van der Waals surface area (Å²) in [7, 11) is 1.53. The summed E-state index contributed by atoms with van der Waals surface area (Å²) >= 11 is 0. The van der Waals surface area contributed by atoms with Crippen molar-refractivity contribution < 1.29 is 9.66 Å². The van der Waals surface area contributed by atoms with Gasteiger partial charge in [-0.25, -0.2) is 9.36 Å². The van der Waals surface area contributed by atoms with E-state index >= 15 is 0 Å². The van der Waals surface area contributed by atoms with Crippen molar-refractivity contribution >= 4 is 5.69 Å². The van der Waals surface area contributed by atoms with Gasteiger partial charge in [0, 0.05) is 6.54 Å². The highest BCUT2D eigenvalue weighted by Gasteiger charge is 2.24. The van der Waals surface area contributed by atoms with Gasteiger partial charge >= 0.3 is 16.9 Å². The zero-order valence-electron chi connectivity index (χ0n) is 13.8. The lowest BCUT2D eigenvalue weighted by atomic mass is 10.2. The first-order valence-corrected chi connectivity index (χ1v) is 7.52. The van der Waals surface area contributed by atoms with Crippen molar-refractivity contribution in [3.05, 3.63) is 66.5 Å². The third-order valence-electron chi connectivity index (χ3n) is 3.79. The van der Waals surface area contributed by atoms with Crippen molar-refractivity contribution in [2.24, 2.45) is 0 Å². The van der Waals surface area contributed by atoms with Gasteiger partial charge in [-0.1, -0.05) is 19.1 Å². The summed E-state index contributed by atoms with van der Waals surface area (Å²) in [5, 5.41) is 11.3. The Morgan fingerprint density at radius 2 is 1.79 bits per heavy atom. The molecule has 24 heavy (non-hydrogen) atoms. The van der Waals surface area contributed by atoms with Crippen LogP contribution < -0.4 is 16.0 Å². The molecule has 1 aromatic heterocycles. The predicted molar refractivity (Wildman–Crippen MR) is 88.7 cm³/mol. The summed E-state index contributed by atoms with van der Waals surface area (Å²) in [5.41, 5.74) is -1.22. The number of methoxy groups -OCH3 is 1. The van der Waals surface area contributed by atoms with Gasteiger partial charge in [-0.3, -0.25) is 19.5 Å². The normalized spacial score (nSPS) is 10.6. The zero-order chi connectivity index (χ0) is 17.9. The van der Waals surface area contributed by atoms with Gasteiger partial charge in [0.25, 0.3) is 0 Å². The molecule has 0 atom stereocenters. The summed E-state index contributed by atoms with van der Waals surface area (Å²) in [6, 6.07) is 6.82. The fraction of sp³-hybridized carbons (Fsp3) is 0.375. The largest absolute Gasteiger partial charge is 0.497 e. The first kappa shape index (κ1) is 17.5. The number of nitrogens with zero attached hydrogens (tertiary/aromatic N) is 3. The van der Waals surface area contributed by atoms with E-state index in [-0.39, 0.29) is 12.2 Å². The maximum atomic E-state index is 12.6. The number of hydrogen-bond acceptors (Lipinski definition) is 5. The third kappa shape index (κ3) is 3.22. The predicted octanol–water partition coefficient (Wildman–Crippen LogP) is 1.69. The summed E-state index contributed by atoms with van der Waals surface area (Å²) in [6.45, 7) is 3.56. The van der Waals surface area contributed by atoms with Gasteiger partial charge in [0.05, 0.1) is 18.6 Å². The maximum Gasteiger partial charge on any atom is 0.353 e. The molecule has 0 amide bonds. The van der Waals surface area contributed by atoms with E-state index in [4.69, 9.17) is 4.74 Å². The van der Waals surface area contributed by atoms with Gasteiger partial charge in [0.15, 0.2) is 0 Å². The average Bonchev–Trinajstić information content (AvgIpc) is 2.56. The van der Waals surface area contributed by atoms with E-state index < -0.39 is 21.9 Å². The molecule has 0 bridgehead atoms. The van der Waals surface area contributed by atoms with E-state index in [1.165, 1.54) is 18.6 Å². The second-order valence-electron chi connectivity index (χ2n) is 5.36. The molecule has 0 unspecified atom stereocenters. The highest BCUT2D eigenvalue weighted by Crippen LogP contribution is 2.13. The Kier molecular flexibility index (Phi) is 5.18. The molecule has 0 saturated carbocycles. The molecule has 8 heteroatoms. The number of aromatic nitrogens is 2. The molecule has 1 aromatic carbocycles. The summed E-state index contributed by atoms with van der Waals surface area (Å²) < 4.78 is 7.25. The Labute approximate surface area is 138 Å². The van der Waals surface area contributed by atoms with Gasteiger partial charge in [0.2, 0.25) is 0 Å². The molecule has 0 spiro atoms. The lowest BCUT2D eigenvalue weighted by molar-refractivity contribution is -0.387. The number of hydrogen-bond donors (Lipinski definition) is 0. The Morgan fingerprint density at radius 3 is 2.29 bits per heavy atom. The minimum atomic E-state index is -0.884. The standard InChI is InChI=1S/C16H19N3O5/c1-4-9-17-11(2)14(19(22)23)15(20)18(16(17)21)10-12-5-7-13(24-3)8-6-12/h5-8H,4,9-10H2,1-3H3. The minimum Gasteiger partial charge on any atom is -0.497 e. The van der Waals surface area contributed by atoms with E-state index in [1.807, 2.05) is 6.92 Å². The van der Waals surface area contributed by atoms with Crippen LogP contribution in [0.5, 0.6) is 5.75 Å². The lowest BCUT2D eigenvalue weighted by Crippen LogP contribution is -2.42. The topological polar surface area (TPSA) is 96.4 Å². The number of benzene rings is 1. The van der Waals surface area contributed by atoms with Crippen LogP contribution in [0, 0.1) is 17.0 Å². The van der Waals surface area contributed by atoms with Crippen LogP contribution in [0.2, 0.25) is 0 Å². The van der Waals surface area contributed by atoms with E-state index in [2.05, 4.69) is 0 Å². The van der Waals surface area contributed by atoms with Crippen LogP contribution in [0.4, 0.5) is 5.69 Å². The van der Waals surface area contributed by atoms with Crippen molar-refractivity contribution in [2.75, 3.05) is 7.11 Å². The van der Waals surface area contributed by atoms with Gasteiger partial charge in [-0.15, -0.1) is 0 Å². The highest BCUT2D eigenvalue weighted by molar-refractivity contribution is 5.33. The third-order valence-corrected chi connectivity index (χ3v) is 3.79. The molecule has 0 aliphatic carbocycles. The molecule has 2 aromatic rings. The number of nitro groups is 1. The summed E-state index contributed by atoms with van der Waals surface area (Å²) in [4.78, 5) is 35.5. The Hall–Kier alpha value is -2.90. The summed E-state index contributed by atoms with van der Waals surface area (Å²) in [6.07, 6.45) is 0.624. The fourth-order valence-electron chi connectivity index (χ4n) is 2.54. The van der Waals surface area contributed by atoms with Gasteiger partial charge < -0.3 is 4.74 Å². The fourth-order valence-corrected chi connectivity index (χ4v) is 2.54. The van der Waals surface area contributed by atoms with Gasteiger partial charge in [-0.05, 0) is 31.0 Å². The van der Waals surface area contributed by atoms with Gasteiger partial charge in [0.1, 0.15) is 11.4 Å². The Bertz CT molecular complexity index is 865. The molecule has 0 aliphatic rings. The van der Waals surface area contributed by atoms with Crippen LogP contribution in [0.15, 0.2) is 33.9 Å². The second-order valence-corrected chi connectivity index (χ2v) is 5.36. The molecular formula is C16H19N3O5. The van der Waals surface area contributed by atoms with E-state index in [0.717, 1.165) is 4.57 Å². The van der Waals surface area contributed by atoms with Crippen molar-refractivity contribution in [1.29, 1.82) is 0 Å². The molecule has 128 valence electrons. The molecule has 1 heterocycles. The number of ether oxygens (including phenoxy) is 1. The zero-order valence-corrected chi connectivity index (χ0v) is 13.8.